The molecule has 4 heteroatoms. The van der Waals surface area contributed by atoms with Gasteiger partial charge in [-0.2, -0.15) is 0 Å². The highest BCUT2D eigenvalue weighted by Crippen LogP contribution is 2.16. The number of aliphatic hydroxyl groups is 1. The maximum Gasteiger partial charge on any atom is 0.332 e. The van der Waals surface area contributed by atoms with E-state index in [1.165, 1.54) is 135 Å². The molecule has 0 heterocycles. The normalized spacial score (nSPS) is 12.3. The van der Waals surface area contributed by atoms with Gasteiger partial charge in [-0.25, -0.2) is 4.79 Å². The molecule has 0 fully saturated rings. The van der Waals surface area contributed by atoms with Crippen LogP contribution in [0.2, 0.25) is 0 Å². The van der Waals surface area contributed by atoms with Gasteiger partial charge in [-0.15, -0.1) is 0 Å². The summed E-state index contributed by atoms with van der Waals surface area (Å²) in [6.07, 6.45) is 27.4. The van der Waals surface area contributed by atoms with Gasteiger partial charge in [-0.1, -0.05) is 129 Å². The summed E-state index contributed by atoms with van der Waals surface area (Å²) < 4.78 is 0. The topological polar surface area (TPSA) is 83.5 Å². The molecule has 0 aliphatic rings. The Balaban J connectivity index is 0. The summed E-state index contributed by atoms with van der Waals surface area (Å²) in [7, 11) is 0. The largest absolute Gasteiger partial charge is 0.479 e. The number of aliphatic hydroxyl groups excluding tert-OH is 1. The summed E-state index contributed by atoms with van der Waals surface area (Å²) in [5.41, 5.74) is 6.05. The third kappa shape index (κ3) is 34.2. The monoisotopic (exact) mass is 443 g/mol. The van der Waals surface area contributed by atoms with E-state index < -0.39 is 12.1 Å². The van der Waals surface area contributed by atoms with E-state index in [0.717, 1.165) is 0 Å². The molecule has 0 radical (unpaired) electrons. The lowest BCUT2D eigenvalue weighted by molar-refractivity contribution is -0.145. The van der Waals surface area contributed by atoms with Gasteiger partial charge in [0.15, 0.2) is 0 Å². The molecule has 0 aliphatic carbocycles. The molecule has 0 rings (SSSR count). The van der Waals surface area contributed by atoms with Crippen LogP contribution in [0.3, 0.4) is 0 Å². The number of rotatable bonds is 21. The number of carbonyl (C=O) groups is 1. The predicted molar refractivity (Wildman–Crippen MR) is 136 cm³/mol. The second-order valence-electron chi connectivity index (χ2n) is 10.1. The SMILES string of the molecule is CC(O)C(=O)O.CCCCCCCCCCCCCCCCCCCCCC(C)(C)N. The fraction of sp³-hybridized carbons (Fsp3) is 0.963. The Morgan fingerprint density at radius 1 is 0.677 bits per heavy atom. The Labute approximate surface area is 194 Å². The van der Waals surface area contributed by atoms with Crippen LogP contribution in [0.1, 0.15) is 156 Å². The zero-order valence-corrected chi connectivity index (χ0v) is 21.6. The molecule has 4 N–H and O–H groups in total. The molecule has 1 unspecified atom stereocenters. The van der Waals surface area contributed by atoms with E-state index in [0.29, 0.717) is 0 Å². The summed E-state index contributed by atoms with van der Waals surface area (Å²) in [5.74, 6) is -1.19. The third-order valence-electron chi connectivity index (χ3n) is 5.78. The minimum atomic E-state index is -1.23. The van der Waals surface area contributed by atoms with Crippen LogP contribution in [0.25, 0.3) is 0 Å². The highest BCUT2D eigenvalue weighted by Gasteiger charge is 2.08. The molecule has 31 heavy (non-hydrogen) atoms. The van der Waals surface area contributed by atoms with Gasteiger partial charge < -0.3 is 15.9 Å². The Morgan fingerprint density at radius 2 is 0.903 bits per heavy atom. The Hall–Kier alpha value is -0.610. The van der Waals surface area contributed by atoms with Crippen LogP contribution < -0.4 is 5.73 Å². The van der Waals surface area contributed by atoms with Crippen LogP contribution in [0.4, 0.5) is 0 Å². The van der Waals surface area contributed by atoms with Crippen molar-refractivity contribution in [2.24, 2.45) is 5.73 Å². The van der Waals surface area contributed by atoms with Crippen LogP contribution in [0, 0.1) is 0 Å². The zero-order chi connectivity index (χ0) is 23.8. The van der Waals surface area contributed by atoms with E-state index in [-0.39, 0.29) is 5.54 Å². The molecule has 0 aromatic carbocycles. The van der Waals surface area contributed by atoms with E-state index in [2.05, 4.69) is 20.8 Å². The molecule has 1 atom stereocenters. The molecule has 0 aromatic heterocycles. The number of hydrogen-bond donors (Lipinski definition) is 3. The first-order valence-corrected chi connectivity index (χ1v) is 13.4. The van der Waals surface area contributed by atoms with E-state index in [4.69, 9.17) is 15.9 Å². The molecule has 0 amide bonds. The van der Waals surface area contributed by atoms with Gasteiger partial charge in [0, 0.05) is 5.54 Å². The second-order valence-corrected chi connectivity index (χ2v) is 10.1. The van der Waals surface area contributed by atoms with E-state index in [1.807, 2.05) is 0 Å². The van der Waals surface area contributed by atoms with Crippen molar-refractivity contribution in [2.45, 2.75) is 168 Å². The molecule has 4 nitrogen and oxygen atoms in total. The molecule has 0 aromatic rings. The minimum Gasteiger partial charge on any atom is -0.479 e. The van der Waals surface area contributed by atoms with Gasteiger partial charge in [0.05, 0.1) is 0 Å². The summed E-state index contributed by atoms with van der Waals surface area (Å²) in [5, 5.41) is 15.8. The molecular weight excluding hydrogens is 386 g/mol. The highest BCUT2D eigenvalue weighted by atomic mass is 16.4. The fourth-order valence-electron chi connectivity index (χ4n) is 3.66. The molecule has 0 spiro atoms. The van der Waals surface area contributed by atoms with Crippen LogP contribution in [0.5, 0.6) is 0 Å². The standard InChI is InChI=1S/C24H51N.C3H6O3/c1-4-5-6-7-8-9-10-11-12-13-14-15-16-17-18-19-20-21-22-23-24(2,3)25;1-2(4)3(5)6/h4-23,25H2,1-3H3;2,4H,1H3,(H,5,6). The van der Waals surface area contributed by atoms with Crippen molar-refractivity contribution in [3.05, 3.63) is 0 Å². The van der Waals surface area contributed by atoms with E-state index in [1.54, 1.807) is 0 Å². The molecular formula is C27H57NO3. The summed E-state index contributed by atoms with van der Waals surface area (Å²) in [6, 6.07) is 0. The maximum absolute atomic E-state index is 9.45. The van der Waals surface area contributed by atoms with Crippen LogP contribution >= 0.6 is 0 Å². The van der Waals surface area contributed by atoms with E-state index in [9.17, 15) is 4.79 Å². The summed E-state index contributed by atoms with van der Waals surface area (Å²) >= 11 is 0. The van der Waals surface area contributed by atoms with Crippen molar-refractivity contribution < 1.29 is 15.0 Å². The fourth-order valence-corrected chi connectivity index (χ4v) is 3.66. The summed E-state index contributed by atoms with van der Waals surface area (Å²) in [4.78, 5) is 9.45. The van der Waals surface area contributed by atoms with Crippen molar-refractivity contribution in [1.82, 2.24) is 0 Å². The molecule has 0 saturated carbocycles. The van der Waals surface area contributed by atoms with Crippen molar-refractivity contribution in [1.29, 1.82) is 0 Å². The van der Waals surface area contributed by atoms with Crippen molar-refractivity contribution in [3.63, 3.8) is 0 Å². The summed E-state index contributed by atoms with van der Waals surface area (Å²) in [6.45, 7) is 7.77. The molecule has 0 saturated heterocycles. The van der Waals surface area contributed by atoms with Gasteiger partial charge in [0.1, 0.15) is 6.10 Å². The van der Waals surface area contributed by atoms with Crippen molar-refractivity contribution in [2.75, 3.05) is 0 Å². The lowest BCUT2D eigenvalue weighted by atomic mass is 9.97. The number of carboxylic acids is 1. The average molecular weight is 444 g/mol. The number of carboxylic acid groups (broad SMARTS) is 1. The van der Waals surface area contributed by atoms with Gasteiger partial charge >= 0.3 is 5.97 Å². The van der Waals surface area contributed by atoms with Gasteiger partial charge in [-0.05, 0) is 27.2 Å². The smallest absolute Gasteiger partial charge is 0.332 e. The number of nitrogens with two attached hydrogens (primary N) is 1. The van der Waals surface area contributed by atoms with Crippen molar-refractivity contribution >= 4 is 5.97 Å². The first kappa shape index (κ1) is 32.6. The number of unbranched alkanes of at least 4 members (excludes halogenated alkanes) is 18. The lowest BCUT2D eigenvalue weighted by Crippen LogP contribution is -2.31. The minimum absolute atomic E-state index is 0.0363. The van der Waals surface area contributed by atoms with Crippen LogP contribution in [-0.4, -0.2) is 27.8 Å². The Bertz CT molecular complexity index is 364. The first-order valence-electron chi connectivity index (χ1n) is 13.4. The Kier molecular flexibility index (Phi) is 25.3. The maximum atomic E-state index is 9.45. The lowest BCUT2D eigenvalue weighted by Gasteiger charge is -2.17. The average Bonchev–Trinajstić information content (AvgIpc) is 2.69. The number of aliphatic carboxylic acids is 1. The molecule has 0 bridgehead atoms. The number of hydrogen-bond acceptors (Lipinski definition) is 3. The third-order valence-corrected chi connectivity index (χ3v) is 5.78. The zero-order valence-electron chi connectivity index (χ0n) is 21.6. The van der Waals surface area contributed by atoms with Gasteiger partial charge in [0.2, 0.25) is 0 Å². The first-order chi connectivity index (χ1) is 14.7. The highest BCUT2D eigenvalue weighted by molar-refractivity contribution is 5.71. The second kappa shape index (κ2) is 24.0. The van der Waals surface area contributed by atoms with Crippen LogP contribution in [-0.2, 0) is 4.79 Å². The van der Waals surface area contributed by atoms with E-state index >= 15 is 0 Å². The van der Waals surface area contributed by atoms with Crippen molar-refractivity contribution in [3.8, 4) is 0 Å². The van der Waals surface area contributed by atoms with Gasteiger partial charge in [0.25, 0.3) is 0 Å². The van der Waals surface area contributed by atoms with Crippen LogP contribution in [0.15, 0.2) is 0 Å². The predicted octanol–water partition coefficient (Wildman–Crippen LogP) is 8.00. The quantitative estimate of drug-likeness (QED) is 0.157. The van der Waals surface area contributed by atoms with Gasteiger partial charge in [-0.3, -0.25) is 0 Å². The Morgan fingerprint density at radius 3 is 1.10 bits per heavy atom. The molecule has 0 aliphatic heterocycles. The molecule has 188 valence electrons.